The second kappa shape index (κ2) is 9.27. The second-order valence-electron chi connectivity index (χ2n) is 5.31. The van der Waals surface area contributed by atoms with Crippen molar-refractivity contribution in [2.24, 2.45) is 5.92 Å². The topological polar surface area (TPSA) is 64.3 Å². The summed E-state index contributed by atoms with van der Waals surface area (Å²) >= 11 is 0. The molecule has 3 N–H and O–H groups in total. The highest BCUT2D eigenvalue weighted by Crippen LogP contribution is 2.22. The van der Waals surface area contributed by atoms with Crippen molar-refractivity contribution in [1.29, 1.82) is 0 Å². The summed E-state index contributed by atoms with van der Waals surface area (Å²) in [6.45, 7) is 7.55. The summed E-state index contributed by atoms with van der Waals surface area (Å²) in [7, 11) is 0. The first-order valence-electron chi connectivity index (χ1n) is 7.92. The van der Waals surface area contributed by atoms with E-state index in [9.17, 15) is 4.79 Å². The lowest BCUT2D eigenvalue weighted by Gasteiger charge is -2.15. The van der Waals surface area contributed by atoms with Crippen LogP contribution in [-0.2, 0) is 0 Å². The van der Waals surface area contributed by atoms with E-state index in [4.69, 9.17) is 10.5 Å². The summed E-state index contributed by atoms with van der Waals surface area (Å²) in [6, 6.07) is 5.18. The first-order valence-corrected chi connectivity index (χ1v) is 7.92. The third kappa shape index (κ3) is 5.66. The van der Waals surface area contributed by atoms with E-state index >= 15 is 0 Å². The molecule has 0 saturated heterocycles. The summed E-state index contributed by atoms with van der Waals surface area (Å²) in [6.07, 6.45) is 4.66. The standard InChI is InChI=1S/C17H28N2O2/c1-4-7-8-13(5-2)12-19-17(20)14-9-10-16(21-6-3)15(18)11-14/h9-11,13H,4-8,12,18H2,1-3H3,(H,19,20). The van der Waals surface area contributed by atoms with Crippen LogP contribution in [0.3, 0.4) is 0 Å². The Morgan fingerprint density at radius 2 is 2.10 bits per heavy atom. The number of hydrogen-bond acceptors (Lipinski definition) is 3. The number of ether oxygens (including phenoxy) is 1. The number of benzene rings is 1. The molecule has 0 aliphatic carbocycles. The normalized spacial score (nSPS) is 12.0. The number of unbranched alkanes of at least 4 members (excludes halogenated alkanes) is 1. The first kappa shape index (κ1) is 17.3. The van der Waals surface area contributed by atoms with Crippen molar-refractivity contribution in [3.05, 3.63) is 23.8 Å². The molecular weight excluding hydrogens is 264 g/mol. The van der Waals surface area contributed by atoms with Crippen LogP contribution in [0.1, 0.15) is 56.8 Å². The van der Waals surface area contributed by atoms with Crippen LogP contribution in [0.2, 0.25) is 0 Å². The Bertz CT molecular complexity index is 446. The molecule has 21 heavy (non-hydrogen) atoms. The Morgan fingerprint density at radius 3 is 2.67 bits per heavy atom. The molecule has 1 unspecified atom stereocenters. The van der Waals surface area contributed by atoms with Crippen molar-refractivity contribution in [1.82, 2.24) is 5.32 Å². The molecule has 0 radical (unpaired) electrons. The predicted molar refractivity (Wildman–Crippen MR) is 87.7 cm³/mol. The first-order chi connectivity index (χ1) is 10.1. The van der Waals surface area contributed by atoms with Crippen molar-refractivity contribution in [3.8, 4) is 5.75 Å². The molecule has 0 fully saturated rings. The Labute approximate surface area is 128 Å². The molecule has 1 aromatic rings. The monoisotopic (exact) mass is 292 g/mol. The lowest BCUT2D eigenvalue weighted by atomic mass is 9.99. The van der Waals surface area contributed by atoms with Gasteiger partial charge in [0.1, 0.15) is 5.75 Å². The third-order valence-corrected chi connectivity index (χ3v) is 3.67. The van der Waals surface area contributed by atoms with Gasteiger partial charge in [-0.1, -0.05) is 33.1 Å². The van der Waals surface area contributed by atoms with Gasteiger partial charge in [-0.15, -0.1) is 0 Å². The van der Waals surface area contributed by atoms with Crippen LogP contribution in [0.5, 0.6) is 5.75 Å². The fourth-order valence-electron chi connectivity index (χ4n) is 2.26. The minimum Gasteiger partial charge on any atom is -0.492 e. The molecule has 0 bridgehead atoms. The van der Waals surface area contributed by atoms with Gasteiger partial charge < -0.3 is 15.8 Å². The van der Waals surface area contributed by atoms with Gasteiger partial charge in [0.25, 0.3) is 5.91 Å². The van der Waals surface area contributed by atoms with E-state index in [1.165, 1.54) is 19.3 Å². The molecule has 0 aliphatic heterocycles. The number of carbonyl (C=O) groups excluding carboxylic acids is 1. The average Bonchev–Trinajstić information content (AvgIpc) is 2.49. The minimum absolute atomic E-state index is 0.0697. The molecule has 1 atom stereocenters. The number of rotatable bonds is 9. The zero-order chi connectivity index (χ0) is 15.7. The van der Waals surface area contributed by atoms with Gasteiger partial charge >= 0.3 is 0 Å². The summed E-state index contributed by atoms with van der Waals surface area (Å²) in [5.41, 5.74) is 6.97. The largest absolute Gasteiger partial charge is 0.492 e. The van der Waals surface area contributed by atoms with Crippen LogP contribution >= 0.6 is 0 Å². The smallest absolute Gasteiger partial charge is 0.251 e. The van der Waals surface area contributed by atoms with E-state index in [-0.39, 0.29) is 5.91 Å². The fraction of sp³-hybridized carbons (Fsp3) is 0.588. The molecule has 0 aliphatic rings. The maximum atomic E-state index is 12.2. The maximum absolute atomic E-state index is 12.2. The number of nitrogens with one attached hydrogen (secondary N) is 1. The molecule has 0 saturated carbocycles. The second-order valence-corrected chi connectivity index (χ2v) is 5.31. The minimum atomic E-state index is -0.0697. The maximum Gasteiger partial charge on any atom is 0.251 e. The van der Waals surface area contributed by atoms with Crippen LogP contribution in [0.25, 0.3) is 0 Å². The van der Waals surface area contributed by atoms with Crippen LogP contribution in [0, 0.1) is 5.92 Å². The van der Waals surface area contributed by atoms with Gasteiger partial charge in [-0.25, -0.2) is 0 Å². The van der Waals surface area contributed by atoms with Gasteiger partial charge in [0.15, 0.2) is 0 Å². The van der Waals surface area contributed by atoms with Crippen molar-refractivity contribution >= 4 is 11.6 Å². The number of carbonyl (C=O) groups is 1. The van der Waals surface area contributed by atoms with Crippen LogP contribution in [-0.4, -0.2) is 19.1 Å². The van der Waals surface area contributed by atoms with Crippen LogP contribution in [0.4, 0.5) is 5.69 Å². The Hall–Kier alpha value is -1.71. The van der Waals surface area contributed by atoms with Crippen LogP contribution < -0.4 is 15.8 Å². The summed E-state index contributed by atoms with van der Waals surface area (Å²) in [4.78, 5) is 12.2. The SMILES string of the molecule is CCCCC(CC)CNC(=O)c1ccc(OCC)c(N)c1. The van der Waals surface area contributed by atoms with E-state index in [1.807, 2.05) is 6.92 Å². The molecule has 118 valence electrons. The molecule has 4 nitrogen and oxygen atoms in total. The summed E-state index contributed by atoms with van der Waals surface area (Å²) < 4.78 is 5.37. The van der Waals surface area contributed by atoms with Gasteiger partial charge in [-0.3, -0.25) is 4.79 Å². The summed E-state index contributed by atoms with van der Waals surface area (Å²) in [5, 5.41) is 3.00. The van der Waals surface area contributed by atoms with Crippen LogP contribution in [0.15, 0.2) is 18.2 Å². The van der Waals surface area contributed by atoms with Gasteiger partial charge in [0, 0.05) is 12.1 Å². The zero-order valence-electron chi connectivity index (χ0n) is 13.4. The fourth-order valence-corrected chi connectivity index (χ4v) is 2.26. The predicted octanol–water partition coefficient (Wildman–Crippen LogP) is 3.61. The van der Waals surface area contributed by atoms with Crippen molar-refractivity contribution in [2.45, 2.75) is 46.5 Å². The van der Waals surface area contributed by atoms with Crippen molar-refractivity contribution in [2.75, 3.05) is 18.9 Å². The lowest BCUT2D eigenvalue weighted by Crippen LogP contribution is -2.29. The molecule has 4 heteroatoms. The Kier molecular flexibility index (Phi) is 7.65. The highest BCUT2D eigenvalue weighted by Gasteiger charge is 2.11. The molecule has 0 spiro atoms. The molecule has 1 rings (SSSR count). The summed E-state index contributed by atoms with van der Waals surface area (Å²) in [5.74, 6) is 1.11. The third-order valence-electron chi connectivity index (χ3n) is 3.67. The molecule has 1 amide bonds. The van der Waals surface area contributed by atoms with Gasteiger partial charge in [-0.2, -0.15) is 0 Å². The molecule has 0 aromatic heterocycles. The van der Waals surface area contributed by atoms with E-state index < -0.39 is 0 Å². The quantitative estimate of drug-likeness (QED) is 0.683. The molecule has 0 heterocycles. The van der Waals surface area contributed by atoms with E-state index in [0.717, 1.165) is 13.0 Å². The van der Waals surface area contributed by atoms with Gasteiger partial charge in [0.05, 0.1) is 12.3 Å². The average molecular weight is 292 g/mol. The van der Waals surface area contributed by atoms with Crippen molar-refractivity contribution in [3.63, 3.8) is 0 Å². The van der Waals surface area contributed by atoms with Gasteiger partial charge in [-0.05, 0) is 37.5 Å². The van der Waals surface area contributed by atoms with Gasteiger partial charge in [0.2, 0.25) is 0 Å². The highest BCUT2D eigenvalue weighted by molar-refractivity contribution is 5.95. The molecular formula is C17H28N2O2. The highest BCUT2D eigenvalue weighted by atomic mass is 16.5. The van der Waals surface area contributed by atoms with E-state index in [1.54, 1.807) is 18.2 Å². The zero-order valence-corrected chi connectivity index (χ0v) is 13.4. The number of nitrogen functional groups attached to an aromatic ring is 1. The number of nitrogens with two attached hydrogens (primary N) is 1. The van der Waals surface area contributed by atoms with Crippen molar-refractivity contribution < 1.29 is 9.53 Å². The number of amides is 1. The van der Waals surface area contributed by atoms with E-state index in [2.05, 4.69) is 19.2 Å². The lowest BCUT2D eigenvalue weighted by molar-refractivity contribution is 0.0946. The van der Waals surface area contributed by atoms with E-state index in [0.29, 0.717) is 29.5 Å². The Morgan fingerprint density at radius 1 is 1.33 bits per heavy atom. The number of anilines is 1. The number of hydrogen-bond donors (Lipinski definition) is 2. The molecule has 1 aromatic carbocycles. The Balaban J connectivity index is 2.57.